The minimum atomic E-state index is -3.57. The molecular weight excluding hydrogens is 260 g/mol. The van der Waals surface area contributed by atoms with E-state index in [1.165, 1.54) is 26.3 Å². The van der Waals surface area contributed by atoms with Crippen molar-refractivity contribution in [1.82, 2.24) is 10.0 Å². The summed E-state index contributed by atoms with van der Waals surface area (Å²) in [5.41, 5.74) is 0. The van der Waals surface area contributed by atoms with Crippen molar-refractivity contribution in [3.05, 3.63) is 17.9 Å². The van der Waals surface area contributed by atoms with Crippen LogP contribution in [0.1, 0.15) is 12.7 Å². The van der Waals surface area contributed by atoms with Crippen LogP contribution in [0.2, 0.25) is 0 Å². The average Bonchev–Trinajstić information content (AvgIpc) is 2.84. The van der Waals surface area contributed by atoms with Crippen LogP contribution >= 0.6 is 0 Å². The van der Waals surface area contributed by atoms with Gasteiger partial charge < -0.3 is 9.15 Å². The summed E-state index contributed by atoms with van der Waals surface area (Å²) in [5.74, 6) is 0.0178. The first-order valence-corrected chi connectivity index (χ1v) is 6.72. The van der Waals surface area contributed by atoms with Gasteiger partial charge in [0.2, 0.25) is 5.09 Å². The molecular formula is C10H16N2O5S. The van der Waals surface area contributed by atoms with Gasteiger partial charge in [0.25, 0.3) is 10.0 Å². The van der Waals surface area contributed by atoms with E-state index in [2.05, 4.69) is 14.8 Å². The predicted octanol–water partition coefficient (Wildman–Crippen LogP) is -0.161. The Bertz CT molecular complexity index is 508. The van der Waals surface area contributed by atoms with E-state index in [0.717, 1.165) is 0 Å². The van der Waals surface area contributed by atoms with Crippen molar-refractivity contribution >= 4 is 16.0 Å². The third-order valence-electron chi connectivity index (χ3n) is 2.31. The first kappa shape index (κ1) is 14.7. The van der Waals surface area contributed by atoms with Gasteiger partial charge in [-0.1, -0.05) is 0 Å². The molecule has 0 aliphatic carbocycles. The highest BCUT2D eigenvalue weighted by atomic mass is 32.2. The van der Waals surface area contributed by atoms with Crippen molar-refractivity contribution in [3.63, 3.8) is 0 Å². The maximum absolute atomic E-state index is 11.4. The number of hydrogen-bond acceptors (Lipinski definition) is 6. The van der Waals surface area contributed by atoms with Gasteiger partial charge in [0, 0.05) is 0 Å². The molecule has 0 aliphatic heterocycles. The molecule has 1 atom stereocenters. The van der Waals surface area contributed by atoms with Crippen LogP contribution in [-0.2, 0) is 26.1 Å². The molecule has 0 aromatic carbocycles. The van der Waals surface area contributed by atoms with Crippen molar-refractivity contribution in [2.75, 3.05) is 14.2 Å². The van der Waals surface area contributed by atoms with Crippen LogP contribution in [0.25, 0.3) is 0 Å². The monoisotopic (exact) mass is 276 g/mol. The lowest BCUT2D eigenvalue weighted by Crippen LogP contribution is -2.34. The summed E-state index contributed by atoms with van der Waals surface area (Å²) in [6, 6.07) is 2.39. The Labute approximate surface area is 106 Å². The van der Waals surface area contributed by atoms with Crippen LogP contribution in [0.3, 0.4) is 0 Å². The van der Waals surface area contributed by atoms with Gasteiger partial charge in [-0.25, -0.2) is 13.1 Å². The van der Waals surface area contributed by atoms with Gasteiger partial charge in [-0.2, -0.15) is 0 Å². The number of carbonyl (C=O) groups excluding carboxylic acids is 1. The summed E-state index contributed by atoms with van der Waals surface area (Å²) >= 11 is 0. The molecule has 0 bridgehead atoms. The van der Waals surface area contributed by atoms with Crippen LogP contribution < -0.4 is 10.0 Å². The van der Waals surface area contributed by atoms with E-state index in [-0.39, 0.29) is 11.6 Å². The Balaban J connectivity index is 2.63. The molecule has 18 heavy (non-hydrogen) atoms. The highest BCUT2D eigenvalue weighted by Crippen LogP contribution is 2.13. The molecule has 102 valence electrons. The van der Waals surface area contributed by atoms with Crippen molar-refractivity contribution in [3.8, 4) is 0 Å². The maximum atomic E-state index is 11.4. The van der Waals surface area contributed by atoms with Gasteiger partial charge in [-0.15, -0.1) is 0 Å². The van der Waals surface area contributed by atoms with E-state index in [9.17, 15) is 13.2 Å². The number of carbonyl (C=O) groups is 1. The number of hydrogen-bond donors (Lipinski definition) is 2. The zero-order valence-electron chi connectivity index (χ0n) is 10.4. The van der Waals surface area contributed by atoms with Crippen molar-refractivity contribution in [2.45, 2.75) is 24.6 Å². The van der Waals surface area contributed by atoms with E-state index in [0.29, 0.717) is 5.76 Å². The summed E-state index contributed by atoms with van der Waals surface area (Å²) in [4.78, 5) is 11.1. The summed E-state index contributed by atoms with van der Waals surface area (Å²) in [5, 5.41) is 2.69. The maximum Gasteiger partial charge on any atom is 0.322 e. The quantitative estimate of drug-likeness (QED) is 0.701. The highest BCUT2D eigenvalue weighted by Gasteiger charge is 2.17. The standard InChI is InChI=1S/C10H16N2O5S/c1-7(10(13)16-3)12-6-8-4-5-9(17-8)18(14,15)11-2/h4-5,7,11-12H,6H2,1-3H3/t7-/m0/s1. The highest BCUT2D eigenvalue weighted by molar-refractivity contribution is 7.89. The van der Waals surface area contributed by atoms with Gasteiger partial charge >= 0.3 is 5.97 Å². The lowest BCUT2D eigenvalue weighted by molar-refractivity contribution is -0.142. The second-order valence-electron chi connectivity index (χ2n) is 3.55. The molecule has 0 saturated heterocycles. The average molecular weight is 276 g/mol. The minimum Gasteiger partial charge on any atom is -0.468 e. The second-order valence-corrected chi connectivity index (χ2v) is 5.37. The fourth-order valence-corrected chi connectivity index (χ4v) is 1.88. The Morgan fingerprint density at radius 2 is 2.17 bits per heavy atom. The summed E-state index contributed by atoms with van der Waals surface area (Å²) in [7, 11) is -0.976. The Kier molecular flexibility index (Phi) is 4.88. The topological polar surface area (TPSA) is 97.6 Å². The summed E-state index contributed by atoms with van der Waals surface area (Å²) in [6.07, 6.45) is 0. The Morgan fingerprint density at radius 3 is 2.72 bits per heavy atom. The van der Waals surface area contributed by atoms with Crippen LogP contribution in [0.15, 0.2) is 21.6 Å². The lowest BCUT2D eigenvalue weighted by atomic mass is 10.3. The molecule has 0 amide bonds. The van der Waals surface area contributed by atoms with Crippen molar-refractivity contribution < 1.29 is 22.4 Å². The molecule has 0 unspecified atom stereocenters. The van der Waals surface area contributed by atoms with E-state index < -0.39 is 22.0 Å². The van der Waals surface area contributed by atoms with Gasteiger partial charge in [0.15, 0.2) is 0 Å². The molecule has 1 aromatic rings. The Hall–Kier alpha value is -1.38. The number of sulfonamides is 1. The third kappa shape index (κ3) is 3.56. The Morgan fingerprint density at radius 1 is 1.50 bits per heavy atom. The number of ether oxygens (including phenoxy) is 1. The summed E-state index contributed by atoms with van der Waals surface area (Å²) in [6.45, 7) is 1.87. The predicted molar refractivity (Wildman–Crippen MR) is 63.3 cm³/mol. The molecule has 0 radical (unpaired) electrons. The largest absolute Gasteiger partial charge is 0.468 e. The van der Waals surface area contributed by atoms with Gasteiger partial charge in [0.05, 0.1) is 13.7 Å². The molecule has 7 nitrogen and oxygen atoms in total. The van der Waals surface area contributed by atoms with Crippen LogP contribution in [0.5, 0.6) is 0 Å². The lowest BCUT2D eigenvalue weighted by Gasteiger charge is -2.09. The fourth-order valence-electron chi connectivity index (χ4n) is 1.21. The minimum absolute atomic E-state index is 0.160. The zero-order chi connectivity index (χ0) is 13.8. The van der Waals surface area contributed by atoms with E-state index in [1.54, 1.807) is 6.92 Å². The molecule has 0 aliphatic rings. The molecule has 0 fully saturated rings. The van der Waals surface area contributed by atoms with Gasteiger partial charge in [-0.05, 0) is 26.1 Å². The van der Waals surface area contributed by atoms with Gasteiger partial charge in [0.1, 0.15) is 11.8 Å². The van der Waals surface area contributed by atoms with Crippen LogP contribution in [0, 0.1) is 0 Å². The molecule has 2 N–H and O–H groups in total. The van der Waals surface area contributed by atoms with E-state index in [1.807, 2.05) is 0 Å². The van der Waals surface area contributed by atoms with Crippen molar-refractivity contribution in [2.24, 2.45) is 0 Å². The van der Waals surface area contributed by atoms with Crippen LogP contribution in [0.4, 0.5) is 0 Å². The molecule has 1 rings (SSSR count). The van der Waals surface area contributed by atoms with Crippen molar-refractivity contribution in [1.29, 1.82) is 0 Å². The smallest absolute Gasteiger partial charge is 0.322 e. The normalized spacial score (nSPS) is 13.3. The zero-order valence-corrected chi connectivity index (χ0v) is 11.2. The summed E-state index contributed by atoms with van der Waals surface area (Å²) < 4.78 is 34.6. The number of rotatable bonds is 6. The number of methoxy groups -OCH3 is 1. The van der Waals surface area contributed by atoms with Crippen LogP contribution in [-0.4, -0.2) is 34.6 Å². The molecule has 0 spiro atoms. The molecule has 1 aromatic heterocycles. The number of esters is 1. The van der Waals surface area contributed by atoms with Gasteiger partial charge in [-0.3, -0.25) is 10.1 Å². The molecule has 0 saturated carbocycles. The number of furan rings is 1. The van der Waals surface area contributed by atoms with E-state index >= 15 is 0 Å². The molecule has 1 heterocycles. The second kappa shape index (κ2) is 5.98. The first-order chi connectivity index (χ1) is 8.40. The SMILES string of the molecule is CNS(=O)(=O)c1ccc(CN[C@@H](C)C(=O)OC)o1. The van der Waals surface area contributed by atoms with E-state index in [4.69, 9.17) is 4.42 Å². The molecule has 8 heteroatoms. The fraction of sp³-hybridized carbons (Fsp3) is 0.500. The first-order valence-electron chi connectivity index (χ1n) is 5.24. The third-order valence-corrected chi connectivity index (χ3v) is 3.59. The number of nitrogens with one attached hydrogen (secondary N) is 2.